The van der Waals surface area contributed by atoms with Crippen molar-refractivity contribution in [3.8, 4) is 5.75 Å². The van der Waals surface area contributed by atoms with Gasteiger partial charge in [0.2, 0.25) is 10.0 Å². The van der Waals surface area contributed by atoms with Crippen LogP contribution in [0.4, 0.5) is 0 Å². The molecule has 2 atom stereocenters. The average Bonchev–Trinajstić information content (AvgIpc) is 2.95. The highest BCUT2D eigenvalue weighted by atomic mass is 32.2. The monoisotopic (exact) mass is 452 g/mol. The van der Waals surface area contributed by atoms with Crippen LogP contribution in [-0.2, 0) is 16.6 Å². The molecule has 6 heteroatoms. The standard InChI is InChI=1S/C25H28N2O3S.CH4/c28-31(29,27-14-4-6-19-5-3-8-22(27)15-19)23-16-21-7-1-2-9-24(21)25(17-23)30-18-20-10-12-26-13-11-20;/h1-2,7,9-13,16-17,19,22H,3-6,8,14-15,18H2;1H4. The third kappa shape index (κ3) is 4.52. The molecule has 3 aromatic rings. The lowest BCUT2D eigenvalue weighted by atomic mass is 9.84. The molecule has 2 fully saturated rings. The molecule has 1 aromatic heterocycles. The van der Waals surface area contributed by atoms with Gasteiger partial charge in [-0.05, 0) is 60.7 Å². The Kier molecular flexibility index (Phi) is 6.82. The maximum absolute atomic E-state index is 13.8. The zero-order valence-corrected chi connectivity index (χ0v) is 18.4. The maximum atomic E-state index is 13.8. The number of benzene rings is 2. The van der Waals surface area contributed by atoms with Gasteiger partial charge in [-0.3, -0.25) is 4.98 Å². The molecule has 32 heavy (non-hydrogen) atoms. The van der Waals surface area contributed by atoms with Crippen molar-refractivity contribution in [2.24, 2.45) is 5.92 Å². The van der Waals surface area contributed by atoms with E-state index in [0.29, 0.717) is 29.7 Å². The van der Waals surface area contributed by atoms with Crippen molar-refractivity contribution < 1.29 is 13.2 Å². The summed E-state index contributed by atoms with van der Waals surface area (Å²) in [6, 6.07) is 15.3. The normalized spacial score (nSPS) is 21.5. The first-order valence-electron chi connectivity index (χ1n) is 11.2. The maximum Gasteiger partial charge on any atom is 0.243 e. The number of hydrogen-bond donors (Lipinski definition) is 0. The molecule has 1 saturated carbocycles. The summed E-state index contributed by atoms with van der Waals surface area (Å²) >= 11 is 0. The Hall–Kier alpha value is -2.44. The lowest BCUT2D eigenvalue weighted by Gasteiger charge is -2.33. The Balaban J connectivity index is 0.00000245. The second kappa shape index (κ2) is 9.59. The van der Waals surface area contributed by atoms with Crippen LogP contribution >= 0.6 is 0 Å². The molecule has 2 unspecified atom stereocenters. The predicted octanol–water partition coefficient (Wildman–Crippen LogP) is 5.79. The molecule has 5 nitrogen and oxygen atoms in total. The molecule has 170 valence electrons. The second-order valence-electron chi connectivity index (χ2n) is 8.73. The summed E-state index contributed by atoms with van der Waals surface area (Å²) < 4.78 is 35.4. The molecule has 1 aliphatic carbocycles. The minimum absolute atomic E-state index is 0. The van der Waals surface area contributed by atoms with Crippen molar-refractivity contribution in [2.75, 3.05) is 6.54 Å². The van der Waals surface area contributed by atoms with E-state index in [0.717, 1.165) is 48.4 Å². The summed E-state index contributed by atoms with van der Waals surface area (Å²) in [4.78, 5) is 4.37. The third-order valence-corrected chi connectivity index (χ3v) is 8.63. The van der Waals surface area contributed by atoms with Gasteiger partial charge in [0.1, 0.15) is 12.4 Å². The van der Waals surface area contributed by atoms with E-state index in [1.165, 1.54) is 6.42 Å². The van der Waals surface area contributed by atoms with Gasteiger partial charge in [-0.2, -0.15) is 4.31 Å². The molecule has 1 saturated heterocycles. The van der Waals surface area contributed by atoms with Gasteiger partial charge in [-0.15, -0.1) is 0 Å². The first kappa shape index (κ1) is 22.7. The van der Waals surface area contributed by atoms with E-state index in [1.54, 1.807) is 28.8 Å². The van der Waals surface area contributed by atoms with Crippen molar-refractivity contribution in [1.29, 1.82) is 0 Å². The largest absolute Gasteiger partial charge is 0.488 e. The number of nitrogens with zero attached hydrogens (tertiary/aromatic N) is 2. The number of hydrogen-bond acceptors (Lipinski definition) is 4. The first-order valence-corrected chi connectivity index (χ1v) is 12.6. The Morgan fingerprint density at radius 3 is 2.62 bits per heavy atom. The zero-order valence-electron chi connectivity index (χ0n) is 17.6. The fraction of sp³-hybridized carbons (Fsp3) is 0.423. The second-order valence-corrected chi connectivity index (χ2v) is 10.6. The molecule has 5 rings (SSSR count). The van der Waals surface area contributed by atoms with Gasteiger partial charge in [0.15, 0.2) is 0 Å². The van der Waals surface area contributed by atoms with Crippen molar-refractivity contribution in [2.45, 2.75) is 63.5 Å². The number of fused-ring (bicyclic) bond motifs is 3. The van der Waals surface area contributed by atoms with Crippen molar-refractivity contribution >= 4 is 20.8 Å². The van der Waals surface area contributed by atoms with Crippen molar-refractivity contribution in [3.05, 3.63) is 66.5 Å². The van der Waals surface area contributed by atoms with E-state index in [9.17, 15) is 8.42 Å². The SMILES string of the molecule is C.O=S(=O)(c1cc(OCc2ccncc2)c2ccccc2c1)N1CCCC2CCCC1C2. The molecule has 0 amide bonds. The number of sulfonamides is 1. The molecule has 0 N–H and O–H groups in total. The van der Waals surface area contributed by atoms with E-state index in [1.807, 2.05) is 36.4 Å². The topological polar surface area (TPSA) is 59.5 Å². The van der Waals surface area contributed by atoms with E-state index in [4.69, 9.17) is 4.74 Å². The van der Waals surface area contributed by atoms with Crippen LogP contribution in [0, 0.1) is 5.92 Å². The van der Waals surface area contributed by atoms with E-state index >= 15 is 0 Å². The van der Waals surface area contributed by atoms with Crippen LogP contribution in [0.3, 0.4) is 0 Å². The molecule has 2 aliphatic rings. The fourth-order valence-corrected chi connectivity index (χ4v) is 6.87. The van der Waals surface area contributed by atoms with Gasteiger partial charge in [-0.1, -0.05) is 44.5 Å². The quantitative estimate of drug-likeness (QED) is 0.491. The van der Waals surface area contributed by atoms with Crippen LogP contribution in [0.1, 0.15) is 51.5 Å². The summed E-state index contributed by atoms with van der Waals surface area (Å²) in [5.41, 5.74) is 0.994. The summed E-state index contributed by atoms with van der Waals surface area (Å²) in [7, 11) is -3.59. The van der Waals surface area contributed by atoms with Gasteiger partial charge < -0.3 is 4.74 Å². The van der Waals surface area contributed by atoms with Crippen molar-refractivity contribution in [3.63, 3.8) is 0 Å². The van der Waals surface area contributed by atoms with Gasteiger partial charge in [0.25, 0.3) is 0 Å². The summed E-state index contributed by atoms with van der Waals surface area (Å²) in [6.07, 6.45) is 9.88. The highest BCUT2D eigenvalue weighted by Gasteiger charge is 2.37. The summed E-state index contributed by atoms with van der Waals surface area (Å²) in [5.74, 6) is 1.28. The van der Waals surface area contributed by atoms with Crippen LogP contribution in [-0.4, -0.2) is 30.3 Å². The summed E-state index contributed by atoms with van der Waals surface area (Å²) in [5, 5.41) is 1.80. The molecule has 0 spiro atoms. The van der Waals surface area contributed by atoms with Crippen LogP contribution in [0.5, 0.6) is 5.75 Å². The minimum Gasteiger partial charge on any atom is -0.488 e. The zero-order chi connectivity index (χ0) is 21.3. The van der Waals surface area contributed by atoms with Gasteiger partial charge in [-0.25, -0.2) is 8.42 Å². The fourth-order valence-electron chi connectivity index (χ4n) is 5.11. The molecular formula is C26H32N2O3S. The Morgan fingerprint density at radius 2 is 1.78 bits per heavy atom. The van der Waals surface area contributed by atoms with Crippen LogP contribution in [0.25, 0.3) is 10.8 Å². The highest BCUT2D eigenvalue weighted by molar-refractivity contribution is 7.89. The number of ether oxygens (including phenoxy) is 1. The Bertz CT molecular complexity index is 1160. The van der Waals surface area contributed by atoms with Crippen LogP contribution in [0.15, 0.2) is 65.8 Å². The van der Waals surface area contributed by atoms with Crippen LogP contribution < -0.4 is 4.74 Å². The molecule has 1 aliphatic heterocycles. The van der Waals surface area contributed by atoms with E-state index < -0.39 is 10.0 Å². The molecule has 2 bridgehead atoms. The molecule has 0 radical (unpaired) electrons. The summed E-state index contributed by atoms with van der Waals surface area (Å²) in [6.45, 7) is 0.980. The molecular weight excluding hydrogens is 420 g/mol. The van der Waals surface area contributed by atoms with Crippen LogP contribution in [0.2, 0.25) is 0 Å². The number of aromatic nitrogens is 1. The lowest BCUT2D eigenvalue weighted by molar-refractivity contribution is 0.238. The van der Waals surface area contributed by atoms with Gasteiger partial charge in [0.05, 0.1) is 4.90 Å². The molecule has 2 aromatic carbocycles. The first-order chi connectivity index (χ1) is 15.1. The minimum atomic E-state index is -3.59. The highest BCUT2D eigenvalue weighted by Crippen LogP contribution is 2.38. The van der Waals surface area contributed by atoms with Gasteiger partial charge in [0, 0.05) is 36.4 Å². The average molecular weight is 453 g/mol. The third-order valence-electron chi connectivity index (χ3n) is 6.70. The smallest absolute Gasteiger partial charge is 0.243 e. The molecule has 2 heterocycles. The Labute approximate surface area is 191 Å². The lowest BCUT2D eigenvalue weighted by Crippen LogP contribution is -2.41. The van der Waals surface area contributed by atoms with E-state index in [-0.39, 0.29) is 13.5 Å². The van der Waals surface area contributed by atoms with E-state index in [2.05, 4.69) is 4.98 Å². The van der Waals surface area contributed by atoms with Gasteiger partial charge >= 0.3 is 0 Å². The van der Waals surface area contributed by atoms with Crippen molar-refractivity contribution in [1.82, 2.24) is 9.29 Å². The Morgan fingerprint density at radius 1 is 1.00 bits per heavy atom. The number of pyridine rings is 1. The number of rotatable bonds is 5. The predicted molar refractivity (Wildman–Crippen MR) is 128 cm³/mol.